The summed E-state index contributed by atoms with van der Waals surface area (Å²) in [5.41, 5.74) is 0.945. The van der Waals surface area contributed by atoms with Gasteiger partial charge in [-0.25, -0.2) is 4.79 Å². The van der Waals surface area contributed by atoms with Gasteiger partial charge in [0.2, 0.25) is 11.8 Å². The van der Waals surface area contributed by atoms with Crippen LogP contribution in [0.4, 0.5) is 0 Å². The summed E-state index contributed by atoms with van der Waals surface area (Å²) >= 11 is 2.62. The van der Waals surface area contributed by atoms with E-state index >= 15 is 0 Å². The Balaban J connectivity index is 1.75. The number of benzene rings is 1. The molecule has 0 radical (unpaired) electrons. The number of nitrogens with one attached hydrogen (secondary N) is 1. The summed E-state index contributed by atoms with van der Waals surface area (Å²) in [5.74, 6) is -0.295. The fourth-order valence-corrected chi connectivity index (χ4v) is 6.27. The Morgan fingerprint density at radius 3 is 2.65 bits per heavy atom. The molecule has 7 nitrogen and oxygen atoms in total. The smallest absolute Gasteiger partial charge is 0.328 e. The summed E-state index contributed by atoms with van der Waals surface area (Å²) in [7, 11) is 1.33. The highest BCUT2D eigenvalue weighted by atomic mass is 32.2. The van der Waals surface area contributed by atoms with Crippen LogP contribution in [0, 0.1) is 0 Å². The van der Waals surface area contributed by atoms with Crippen molar-refractivity contribution in [1.82, 2.24) is 10.2 Å². The van der Waals surface area contributed by atoms with Crippen molar-refractivity contribution >= 4 is 46.4 Å². The average Bonchev–Trinajstić information content (AvgIpc) is 2.92. The molecule has 2 amide bonds. The largest absolute Gasteiger partial charge is 0.467 e. The molecule has 2 saturated heterocycles. The first-order valence-corrected chi connectivity index (χ1v) is 12.4. The first-order chi connectivity index (χ1) is 14.9. The van der Waals surface area contributed by atoms with Gasteiger partial charge in [-0.15, -0.1) is 11.8 Å². The van der Waals surface area contributed by atoms with E-state index in [0.717, 1.165) is 30.2 Å². The van der Waals surface area contributed by atoms with Crippen LogP contribution in [0.3, 0.4) is 0 Å². The Kier molecular flexibility index (Phi) is 8.43. The number of nitrogens with zero attached hydrogens (tertiary/aromatic N) is 1. The van der Waals surface area contributed by atoms with Crippen molar-refractivity contribution in [1.29, 1.82) is 0 Å². The predicted octanol–water partition coefficient (Wildman–Crippen LogP) is 2.38. The van der Waals surface area contributed by atoms with E-state index in [1.807, 2.05) is 30.3 Å². The van der Waals surface area contributed by atoms with E-state index in [9.17, 15) is 19.2 Å². The van der Waals surface area contributed by atoms with Gasteiger partial charge in [0, 0.05) is 6.92 Å². The number of esters is 1. The van der Waals surface area contributed by atoms with Crippen LogP contribution in [-0.4, -0.2) is 63.4 Å². The molecule has 1 N–H and O–H groups in total. The molecular formula is C22H28N2O5S2. The van der Waals surface area contributed by atoms with Gasteiger partial charge in [-0.2, -0.15) is 0 Å². The minimum absolute atomic E-state index is 0.0843. The van der Waals surface area contributed by atoms with E-state index < -0.39 is 23.3 Å². The summed E-state index contributed by atoms with van der Waals surface area (Å²) in [5, 5.41) is 2.01. The van der Waals surface area contributed by atoms with E-state index in [0.29, 0.717) is 25.0 Å². The molecule has 9 heteroatoms. The maximum absolute atomic E-state index is 13.4. The fourth-order valence-electron chi connectivity index (χ4n) is 4.03. The van der Waals surface area contributed by atoms with Crippen LogP contribution < -0.4 is 5.32 Å². The van der Waals surface area contributed by atoms with Crippen molar-refractivity contribution in [2.45, 2.75) is 61.7 Å². The van der Waals surface area contributed by atoms with E-state index in [1.165, 1.54) is 14.0 Å². The van der Waals surface area contributed by atoms with Gasteiger partial charge in [0.05, 0.1) is 17.7 Å². The van der Waals surface area contributed by atoms with Gasteiger partial charge in [-0.05, 0) is 43.4 Å². The number of methoxy groups -OCH3 is 1. The molecule has 0 saturated carbocycles. The Morgan fingerprint density at radius 1 is 1.23 bits per heavy atom. The maximum Gasteiger partial charge on any atom is 0.328 e. The number of thioether (sulfide) groups is 2. The van der Waals surface area contributed by atoms with Crippen molar-refractivity contribution in [3.05, 3.63) is 35.9 Å². The number of piperidine rings is 1. The number of rotatable bonds is 6. The molecular weight excluding hydrogens is 436 g/mol. The highest BCUT2D eigenvalue weighted by molar-refractivity contribution is 8.14. The molecule has 168 valence electrons. The van der Waals surface area contributed by atoms with Crippen LogP contribution in [0.1, 0.15) is 38.2 Å². The SMILES string of the molecule is COC(=O)C1CCCC2SCCC(NC(=O)C(Cc3ccccc3)SC(C)=O)C(=O)N21. The fraction of sp³-hybridized carbons (Fsp3) is 0.545. The number of fused-ring (bicyclic) bond motifs is 1. The number of carbonyl (C=O) groups excluding carboxylic acids is 4. The average molecular weight is 465 g/mol. The standard InChI is InChI=1S/C22H28N2O5S2/c1-14(25)31-18(13-15-7-4-3-5-8-15)20(26)23-16-11-12-30-19-10-6-9-17(22(28)29-2)24(19)21(16)27/h3-5,7-8,16-19H,6,9-13H2,1-2H3,(H,23,26). The zero-order valence-electron chi connectivity index (χ0n) is 17.7. The predicted molar refractivity (Wildman–Crippen MR) is 122 cm³/mol. The molecule has 2 aliphatic rings. The second kappa shape index (κ2) is 11.0. The Labute approximate surface area is 191 Å². The lowest BCUT2D eigenvalue weighted by Gasteiger charge is -2.40. The van der Waals surface area contributed by atoms with Gasteiger partial charge < -0.3 is 15.0 Å². The summed E-state index contributed by atoms with van der Waals surface area (Å²) in [6.07, 6.45) is 3.11. The number of carbonyl (C=O) groups is 4. The van der Waals surface area contributed by atoms with Gasteiger partial charge in [0.25, 0.3) is 0 Å². The van der Waals surface area contributed by atoms with E-state index in [4.69, 9.17) is 4.74 Å². The molecule has 3 rings (SSSR count). The number of amides is 2. The molecule has 0 aromatic heterocycles. The third kappa shape index (κ3) is 6.04. The Hall–Kier alpha value is -2.00. The zero-order valence-corrected chi connectivity index (χ0v) is 19.4. The van der Waals surface area contributed by atoms with Crippen LogP contribution in [-0.2, 0) is 30.3 Å². The lowest BCUT2D eigenvalue weighted by Crippen LogP contribution is -2.58. The normalized spacial score (nSPS) is 24.5. The van der Waals surface area contributed by atoms with Crippen LogP contribution in [0.25, 0.3) is 0 Å². The first-order valence-electron chi connectivity index (χ1n) is 10.4. The highest BCUT2D eigenvalue weighted by Gasteiger charge is 2.43. The maximum atomic E-state index is 13.4. The third-order valence-corrected chi connectivity index (χ3v) is 7.81. The van der Waals surface area contributed by atoms with Crippen molar-refractivity contribution in [3.63, 3.8) is 0 Å². The molecule has 0 aliphatic carbocycles. The topological polar surface area (TPSA) is 92.8 Å². The second-order valence-electron chi connectivity index (χ2n) is 7.68. The van der Waals surface area contributed by atoms with Crippen molar-refractivity contribution < 1.29 is 23.9 Å². The van der Waals surface area contributed by atoms with Crippen molar-refractivity contribution in [2.24, 2.45) is 0 Å². The van der Waals surface area contributed by atoms with Crippen LogP contribution in [0.2, 0.25) is 0 Å². The molecule has 4 unspecified atom stereocenters. The van der Waals surface area contributed by atoms with Gasteiger partial charge in [0.15, 0.2) is 5.12 Å². The highest BCUT2D eigenvalue weighted by Crippen LogP contribution is 2.34. The molecule has 2 heterocycles. The summed E-state index contributed by atoms with van der Waals surface area (Å²) in [6, 6.07) is 8.15. The van der Waals surface area contributed by atoms with Crippen LogP contribution in [0.15, 0.2) is 30.3 Å². The molecule has 1 aromatic carbocycles. The van der Waals surface area contributed by atoms with E-state index in [2.05, 4.69) is 5.32 Å². The third-order valence-electron chi connectivity index (χ3n) is 5.50. The molecule has 0 bridgehead atoms. The number of hydrogen-bond acceptors (Lipinski definition) is 7. The van der Waals surface area contributed by atoms with E-state index in [-0.39, 0.29) is 22.3 Å². The molecule has 0 spiro atoms. The van der Waals surface area contributed by atoms with Gasteiger partial charge in [0.1, 0.15) is 12.1 Å². The van der Waals surface area contributed by atoms with E-state index in [1.54, 1.807) is 16.7 Å². The van der Waals surface area contributed by atoms with Gasteiger partial charge in [-0.3, -0.25) is 14.4 Å². The minimum atomic E-state index is -0.721. The molecule has 2 aliphatic heterocycles. The van der Waals surface area contributed by atoms with Crippen molar-refractivity contribution in [2.75, 3.05) is 12.9 Å². The lowest BCUT2D eigenvalue weighted by atomic mass is 10.00. The monoisotopic (exact) mass is 464 g/mol. The van der Waals surface area contributed by atoms with Crippen LogP contribution >= 0.6 is 23.5 Å². The summed E-state index contributed by atoms with van der Waals surface area (Å²) in [6.45, 7) is 1.43. The van der Waals surface area contributed by atoms with Gasteiger partial charge >= 0.3 is 5.97 Å². The molecule has 1 aromatic rings. The number of ether oxygens (including phenoxy) is 1. The van der Waals surface area contributed by atoms with Gasteiger partial charge in [-0.1, -0.05) is 42.1 Å². The molecule has 4 atom stereocenters. The summed E-state index contributed by atoms with van der Waals surface area (Å²) < 4.78 is 4.92. The number of hydrogen-bond donors (Lipinski definition) is 1. The lowest BCUT2D eigenvalue weighted by molar-refractivity contribution is -0.156. The van der Waals surface area contributed by atoms with Crippen molar-refractivity contribution in [3.8, 4) is 0 Å². The Bertz CT molecular complexity index is 819. The Morgan fingerprint density at radius 2 is 1.97 bits per heavy atom. The second-order valence-corrected chi connectivity index (χ2v) is 10.3. The zero-order chi connectivity index (χ0) is 22.4. The first kappa shape index (κ1) is 23.7. The van der Waals surface area contributed by atoms with Crippen LogP contribution in [0.5, 0.6) is 0 Å². The minimum Gasteiger partial charge on any atom is -0.467 e. The summed E-state index contributed by atoms with van der Waals surface area (Å²) in [4.78, 5) is 52.1. The molecule has 2 fully saturated rings. The quantitative estimate of drug-likeness (QED) is 0.646. The molecule has 31 heavy (non-hydrogen) atoms.